The van der Waals surface area contributed by atoms with E-state index in [1.807, 2.05) is 30.3 Å². The molecular weight excluding hydrogens is 200 g/mol. The summed E-state index contributed by atoms with van der Waals surface area (Å²) in [6.07, 6.45) is 5.82. The predicted octanol–water partition coefficient (Wildman–Crippen LogP) is 3.33. The molecule has 0 aliphatic carbocycles. The first-order chi connectivity index (χ1) is 7.93. The molecule has 16 heavy (non-hydrogen) atoms. The molecule has 0 heterocycles. The maximum atomic E-state index is 5.30. The second kappa shape index (κ2) is 8.82. The molecule has 0 saturated heterocycles. The van der Waals surface area contributed by atoms with Crippen LogP contribution in [0.3, 0.4) is 0 Å². The van der Waals surface area contributed by atoms with Crippen molar-refractivity contribution in [1.82, 2.24) is 0 Å². The summed E-state index contributed by atoms with van der Waals surface area (Å²) in [5.74, 6) is 2.93. The zero-order valence-corrected chi connectivity index (χ0v) is 9.74. The highest BCUT2D eigenvalue weighted by atomic mass is 16.7. The zero-order valence-electron chi connectivity index (χ0n) is 9.74. The van der Waals surface area contributed by atoms with Crippen molar-refractivity contribution >= 4 is 0 Å². The van der Waals surface area contributed by atoms with Crippen molar-refractivity contribution in [2.24, 2.45) is 0 Å². The van der Waals surface area contributed by atoms with Gasteiger partial charge in [0.1, 0.15) is 6.11 Å². The van der Waals surface area contributed by atoms with Crippen molar-refractivity contribution in [3.63, 3.8) is 0 Å². The van der Waals surface area contributed by atoms with Gasteiger partial charge in [-0.1, -0.05) is 49.6 Å². The SMILES string of the molecule is CCCCC#COCOCc1ccccc1. The topological polar surface area (TPSA) is 18.5 Å². The van der Waals surface area contributed by atoms with E-state index in [1.165, 1.54) is 6.42 Å². The molecule has 0 N–H and O–H groups in total. The van der Waals surface area contributed by atoms with Crippen molar-refractivity contribution in [2.75, 3.05) is 6.79 Å². The molecular formula is C14H18O2. The van der Waals surface area contributed by atoms with E-state index in [2.05, 4.69) is 19.0 Å². The minimum Gasteiger partial charge on any atom is -0.417 e. The van der Waals surface area contributed by atoms with E-state index < -0.39 is 0 Å². The van der Waals surface area contributed by atoms with Crippen LogP contribution in [-0.2, 0) is 16.1 Å². The molecule has 0 spiro atoms. The first-order valence-corrected chi connectivity index (χ1v) is 5.65. The van der Waals surface area contributed by atoms with Crippen LogP contribution in [-0.4, -0.2) is 6.79 Å². The fourth-order valence-corrected chi connectivity index (χ4v) is 1.17. The molecule has 0 amide bonds. The van der Waals surface area contributed by atoms with Gasteiger partial charge >= 0.3 is 0 Å². The second-order valence-electron chi connectivity index (χ2n) is 3.48. The van der Waals surface area contributed by atoms with E-state index in [4.69, 9.17) is 9.47 Å². The monoisotopic (exact) mass is 218 g/mol. The Kier molecular flexibility index (Phi) is 6.95. The van der Waals surface area contributed by atoms with Crippen LogP contribution < -0.4 is 0 Å². The highest BCUT2D eigenvalue weighted by Gasteiger charge is 1.89. The third-order valence-electron chi connectivity index (χ3n) is 2.05. The Bertz CT molecular complexity index is 322. The van der Waals surface area contributed by atoms with Gasteiger partial charge in [0.25, 0.3) is 0 Å². The predicted molar refractivity (Wildman–Crippen MR) is 64.5 cm³/mol. The van der Waals surface area contributed by atoms with Gasteiger partial charge in [0.2, 0.25) is 0 Å². The lowest BCUT2D eigenvalue weighted by molar-refractivity contribution is -0.0117. The molecule has 0 atom stereocenters. The van der Waals surface area contributed by atoms with Crippen molar-refractivity contribution in [1.29, 1.82) is 0 Å². The molecule has 1 aromatic rings. The molecule has 2 heteroatoms. The molecule has 86 valence electrons. The lowest BCUT2D eigenvalue weighted by Gasteiger charge is -2.01. The average Bonchev–Trinajstić information content (AvgIpc) is 2.34. The molecule has 1 aromatic carbocycles. The molecule has 0 radical (unpaired) electrons. The smallest absolute Gasteiger partial charge is 0.199 e. The van der Waals surface area contributed by atoms with Crippen LogP contribution in [0.5, 0.6) is 0 Å². The summed E-state index contributed by atoms with van der Waals surface area (Å²) in [7, 11) is 0. The third kappa shape index (κ3) is 6.10. The molecule has 0 fully saturated rings. The molecule has 0 saturated carbocycles. The Hall–Kier alpha value is -1.46. The highest BCUT2D eigenvalue weighted by molar-refractivity contribution is 5.13. The number of hydrogen-bond acceptors (Lipinski definition) is 2. The fourth-order valence-electron chi connectivity index (χ4n) is 1.17. The number of ether oxygens (including phenoxy) is 2. The minimum atomic E-state index is 0.230. The second-order valence-corrected chi connectivity index (χ2v) is 3.48. The van der Waals surface area contributed by atoms with E-state index in [1.54, 1.807) is 0 Å². The lowest BCUT2D eigenvalue weighted by atomic mass is 10.2. The first-order valence-electron chi connectivity index (χ1n) is 5.65. The normalized spacial score (nSPS) is 9.31. The molecule has 0 bridgehead atoms. The van der Waals surface area contributed by atoms with Gasteiger partial charge in [-0.25, -0.2) is 0 Å². The zero-order chi connectivity index (χ0) is 11.5. The van der Waals surface area contributed by atoms with Crippen LogP contribution >= 0.6 is 0 Å². The minimum absolute atomic E-state index is 0.230. The number of rotatable bonds is 6. The quantitative estimate of drug-likeness (QED) is 0.414. The van der Waals surface area contributed by atoms with Gasteiger partial charge in [0.15, 0.2) is 6.79 Å². The molecule has 2 nitrogen and oxygen atoms in total. The van der Waals surface area contributed by atoms with Crippen LogP contribution in [0.1, 0.15) is 31.7 Å². The summed E-state index contributed by atoms with van der Waals surface area (Å²) < 4.78 is 10.3. The van der Waals surface area contributed by atoms with Gasteiger partial charge in [-0.2, -0.15) is 0 Å². The first kappa shape index (κ1) is 12.6. The van der Waals surface area contributed by atoms with Gasteiger partial charge in [-0.05, 0) is 12.0 Å². The summed E-state index contributed by atoms with van der Waals surface area (Å²) >= 11 is 0. The Balaban J connectivity index is 2.01. The van der Waals surface area contributed by atoms with Gasteiger partial charge in [0, 0.05) is 6.42 Å². The van der Waals surface area contributed by atoms with Gasteiger partial charge in [-0.3, -0.25) is 0 Å². The van der Waals surface area contributed by atoms with Crippen LogP contribution in [0.15, 0.2) is 30.3 Å². The summed E-state index contributed by atoms with van der Waals surface area (Å²) in [5.41, 5.74) is 1.14. The average molecular weight is 218 g/mol. The largest absolute Gasteiger partial charge is 0.417 e. The third-order valence-corrected chi connectivity index (χ3v) is 2.05. The summed E-state index contributed by atoms with van der Waals surface area (Å²) in [5, 5.41) is 0. The van der Waals surface area contributed by atoms with Gasteiger partial charge in [-0.15, -0.1) is 0 Å². The van der Waals surface area contributed by atoms with E-state index in [-0.39, 0.29) is 6.79 Å². The maximum Gasteiger partial charge on any atom is 0.199 e. The van der Waals surface area contributed by atoms with Crippen LogP contribution in [0.2, 0.25) is 0 Å². The van der Waals surface area contributed by atoms with Crippen molar-refractivity contribution in [2.45, 2.75) is 32.8 Å². The Morgan fingerprint density at radius 1 is 1.19 bits per heavy atom. The maximum absolute atomic E-state index is 5.30. The molecule has 0 aromatic heterocycles. The molecule has 1 rings (SSSR count). The number of benzene rings is 1. The molecule has 0 aliphatic heterocycles. The van der Waals surface area contributed by atoms with Crippen molar-refractivity contribution < 1.29 is 9.47 Å². The van der Waals surface area contributed by atoms with E-state index in [0.29, 0.717) is 6.61 Å². The van der Waals surface area contributed by atoms with E-state index in [0.717, 1.165) is 18.4 Å². The standard InChI is InChI=1S/C14H18O2/c1-2-3-4-8-11-15-13-16-12-14-9-6-5-7-10-14/h5-7,9-10H,2-4,12-13H2,1H3. The van der Waals surface area contributed by atoms with Crippen LogP contribution in [0, 0.1) is 12.0 Å². The Labute approximate surface area is 97.6 Å². The summed E-state index contributed by atoms with van der Waals surface area (Å²) in [6, 6.07) is 10.0. The lowest BCUT2D eigenvalue weighted by Crippen LogP contribution is -1.96. The highest BCUT2D eigenvalue weighted by Crippen LogP contribution is 1.99. The summed E-state index contributed by atoms with van der Waals surface area (Å²) in [6.45, 7) is 2.94. The fraction of sp³-hybridized carbons (Fsp3) is 0.429. The Morgan fingerprint density at radius 2 is 2.00 bits per heavy atom. The molecule has 0 aliphatic rings. The van der Waals surface area contributed by atoms with Gasteiger partial charge < -0.3 is 9.47 Å². The van der Waals surface area contributed by atoms with Crippen LogP contribution in [0.4, 0.5) is 0 Å². The van der Waals surface area contributed by atoms with E-state index >= 15 is 0 Å². The summed E-state index contributed by atoms with van der Waals surface area (Å²) in [4.78, 5) is 0. The number of hydrogen-bond donors (Lipinski definition) is 0. The number of unbranched alkanes of at least 4 members (excludes halogenated alkanes) is 2. The van der Waals surface area contributed by atoms with Crippen molar-refractivity contribution in [3.8, 4) is 12.0 Å². The van der Waals surface area contributed by atoms with Gasteiger partial charge in [0.05, 0.1) is 6.61 Å². The Morgan fingerprint density at radius 3 is 2.75 bits per heavy atom. The van der Waals surface area contributed by atoms with Crippen LogP contribution in [0.25, 0.3) is 0 Å². The van der Waals surface area contributed by atoms with E-state index in [9.17, 15) is 0 Å². The molecule has 0 unspecified atom stereocenters. The van der Waals surface area contributed by atoms with Crippen molar-refractivity contribution in [3.05, 3.63) is 35.9 Å².